The first-order chi connectivity index (χ1) is 9.19. The van der Waals surface area contributed by atoms with Crippen molar-refractivity contribution >= 4 is 17.2 Å². The lowest BCUT2D eigenvalue weighted by atomic mass is 10.1. The highest BCUT2D eigenvalue weighted by atomic mass is 32.1. The van der Waals surface area contributed by atoms with Crippen molar-refractivity contribution in [2.45, 2.75) is 13.3 Å². The number of aryl methyl sites for hydroxylation is 1. The van der Waals surface area contributed by atoms with Crippen LogP contribution >= 0.6 is 11.3 Å². The molecule has 19 heavy (non-hydrogen) atoms. The van der Waals surface area contributed by atoms with Crippen molar-refractivity contribution < 1.29 is 9.90 Å². The molecule has 0 bridgehead atoms. The van der Waals surface area contributed by atoms with Gasteiger partial charge in [-0.2, -0.15) is 0 Å². The second kappa shape index (κ2) is 6.45. The molecule has 4 nitrogen and oxygen atoms in total. The number of carbonyl (C=O) groups is 1. The Balaban J connectivity index is 2.05. The molecule has 0 fully saturated rings. The molecule has 0 spiro atoms. The van der Waals surface area contributed by atoms with E-state index in [1.54, 1.807) is 0 Å². The third-order valence-corrected chi connectivity index (χ3v) is 3.53. The van der Waals surface area contributed by atoms with Crippen molar-refractivity contribution in [1.82, 2.24) is 10.3 Å². The van der Waals surface area contributed by atoms with E-state index in [-0.39, 0.29) is 25.5 Å². The van der Waals surface area contributed by atoms with Gasteiger partial charge in [-0.3, -0.25) is 4.79 Å². The molecular weight excluding hydrogens is 260 g/mol. The van der Waals surface area contributed by atoms with Gasteiger partial charge in [0.15, 0.2) is 0 Å². The summed E-state index contributed by atoms with van der Waals surface area (Å²) in [4.78, 5) is 16.0. The molecule has 0 aliphatic rings. The van der Waals surface area contributed by atoms with Gasteiger partial charge in [0.1, 0.15) is 5.01 Å². The molecule has 0 unspecified atom stereocenters. The van der Waals surface area contributed by atoms with E-state index in [4.69, 9.17) is 5.11 Å². The van der Waals surface area contributed by atoms with Crippen molar-refractivity contribution in [3.63, 3.8) is 0 Å². The standard InChI is InChI=1S/C14H16N2O2S/c1-10-3-2-4-11(7-10)14-16-12(9-19-14)8-13(18)15-5-6-17/h2-4,7,9,17H,5-6,8H2,1H3,(H,15,18). The topological polar surface area (TPSA) is 62.2 Å². The molecule has 1 heterocycles. The first-order valence-electron chi connectivity index (χ1n) is 6.08. The lowest BCUT2D eigenvalue weighted by Crippen LogP contribution is -2.27. The molecule has 2 rings (SSSR count). The van der Waals surface area contributed by atoms with Gasteiger partial charge in [-0.25, -0.2) is 4.98 Å². The Hall–Kier alpha value is -1.72. The van der Waals surface area contributed by atoms with Gasteiger partial charge in [-0.15, -0.1) is 11.3 Å². The lowest BCUT2D eigenvalue weighted by molar-refractivity contribution is -0.120. The van der Waals surface area contributed by atoms with Crippen molar-refractivity contribution in [3.8, 4) is 10.6 Å². The maximum absolute atomic E-state index is 11.5. The van der Waals surface area contributed by atoms with Crippen LogP contribution in [0.15, 0.2) is 29.6 Å². The Morgan fingerprint density at radius 2 is 2.32 bits per heavy atom. The van der Waals surface area contributed by atoms with Crippen molar-refractivity contribution in [2.24, 2.45) is 0 Å². The smallest absolute Gasteiger partial charge is 0.226 e. The molecule has 0 saturated carbocycles. The molecule has 2 N–H and O–H groups in total. The minimum atomic E-state index is -0.116. The van der Waals surface area contributed by atoms with Crippen molar-refractivity contribution in [1.29, 1.82) is 0 Å². The predicted octanol–water partition coefficient (Wildman–Crippen LogP) is 1.77. The van der Waals surface area contributed by atoms with Gasteiger partial charge < -0.3 is 10.4 Å². The zero-order chi connectivity index (χ0) is 13.7. The minimum absolute atomic E-state index is 0.0443. The summed E-state index contributed by atoms with van der Waals surface area (Å²) in [5.74, 6) is -0.116. The zero-order valence-electron chi connectivity index (χ0n) is 10.7. The fourth-order valence-electron chi connectivity index (χ4n) is 1.72. The van der Waals surface area contributed by atoms with Crippen LogP contribution in [0.3, 0.4) is 0 Å². The third kappa shape index (κ3) is 3.87. The lowest BCUT2D eigenvalue weighted by Gasteiger charge is -2.00. The van der Waals surface area contributed by atoms with Crippen LogP contribution in [0.1, 0.15) is 11.3 Å². The maximum atomic E-state index is 11.5. The van der Waals surface area contributed by atoms with Crippen LogP contribution in [0.2, 0.25) is 0 Å². The third-order valence-electron chi connectivity index (χ3n) is 2.59. The van der Waals surface area contributed by atoms with E-state index >= 15 is 0 Å². The Morgan fingerprint density at radius 1 is 1.47 bits per heavy atom. The number of hydrogen-bond acceptors (Lipinski definition) is 4. The maximum Gasteiger partial charge on any atom is 0.226 e. The highest BCUT2D eigenvalue weighted by Crippen LogP contribution is 2.24. The molecule has 100 valence electrons. The fourth-order valence-corrected chi connectivity index (χ4v) is 2.54. The van der Waals surface area contributed by atoms with Crippen LogP contribution in [0, 0.1) is 6.92 Å². The molecule has 0 aliphatic carbocycles. The number of nitrogens with zero attached hydrogens (tertiary/aromatic N) is 1. The van der Waals surface area contributed by atoms with E-state index in [0.717, 1.165) is 16.3 Å². The number of hydrogen-bond donors (Lipinski definition) is 2. The molecule has 1 aromatic carbocycles. The van der Waals surface area contributed by atoms with E-state index in [2.05, 4.69) is 16.4 Å². The van der Waals surface area contributed by atoms with E-state index in [9.17, 15) is 4.79 Å². The number of aliphatic hydroxyl groups is 1. The summed E-state index contributed by atoms with van der Waals surface area (Å²) in [5, 5.41) is 14.1. The molecule has 0 atom stereocenters. The van der Waals surface area contributed by atoms with Crippen LogP contribution in [-0.4, -0.2) is 29.1 Å². The monoisotopic (exact) mass is 276 g/mol. The van der Waals surface area contributed by atoms with Crippen molar-refractivity contribution in [3.05, 3.63) is 40.9 Å². The second-order valence-electron chi connectivity index (χ2n) is 4.26. The SMILES string of the molecule is Cc1cccc(-c2nc(CC(=O)NCCO)cs2)c1. The molecular formula is C14H16N2O2S. The second-order valence-corrected chi connectivity index (χ2v) is 5.12. The Morgan fingerprint density at radius 3 is 3.05 bits per heavy atom. The summed E-state index contributed by atoms with van der Waals surface area (Å²) in [6.45, 7) is 2.28. The van der Waals surface area contributed by atoms with Gasteiger partial charge in [-0.1, -0.05) is 23.8 Å². The Kier molecular flexibility index (Phi) is 4.65. The molecule has 1 amide bonds. The van der Waals surface area contributed by atoms with Crippen molar-refractivity contribution in [2.75, 3.05) is 13.2 Å². The van der Waals surface area contributed by atoms with Crippen LogP contribution in [0.5, 0.6) is 0 Å². The number of amides is 1. The number of aliphatic hydroxyl groups excluding tert-OH is 1. The average molecular weight is 276 g/mol. The molecule has 0 radical (unpaired) electrons. The first-order valence-corrected chi connectivity index (χ1v) is 6.96. The molecule has 5 heteroatoms. The Labute approximate surface area is 116 Å². The Bertz CT molecular complexity index is 566. The van der Waals surface area contributed by atoms with Gasteiger partial charge in [0.05, 0.1) is 18.7 Å². The number of nitrogens with one attached hydrogen (secondary N) is 1. The fraction of sp³-hybridized carbons (Fsp3) is 0.286. The molecule has 1 aromatic heterocycles. The van der Waals surface area contributed by atoms with Gasteiger partial charge in [0, 0.05) is 17.5 Å². The predicted molar refractivity (Wildman–Crippen MR) is 76.1 cm³/mol. The summed E-state index contributed by atoms with van der Waals surface area (Å²) in [7, 11) is 0. The van der Waals surface area contributed by atoms with Crippen LogP contribution < -0.4 is 5.32 Å². The largest absolute Gasteiger partial charge is 0.395 e. The summed E-state index contributed by atoms with van der Waals surface area (Å²) in [6.07, 6.45) is 0.252. The van der Waals surface area contributed by atoms with Crippen LogP contribution in [-0.2, 0) is 11.2 Å². The number of carbonyl (C=O) groups excluding carboxylic acids is 1. The van der Waals surface area contributed by atoms with Crippen LogP contribution in [0.4, 0.5) is 0 Å². The highest BCUT2D eigenvalue weighted by molar-refractivity contribution is 7.13. The summed E-state index contributed by atoms with van der Waals surface area (Å²) >= 11 is 1.54. The van der Waals surface area contributed by atoms with E-state index < -0.39 is 0 Å². The number of benzene rings is 1. The van der Waals surface area contributed by atoms with Gasteiger partial charge in [0.2, 0.25) is 5.91 Å². The normalized spacial score (nSPS) is 10.4. The van der Waals surface area contributed by atoms with E-state index in [0.29, 0.717) is 0 Å². The minimum Gasteiger partial charge on any atom is -0.395 e. The summed E-state index contributed by atoms with van der Waals surface area (Å²) in [6, 6.07) is 8.13. The van der Waals surface area contributed by atoms with E-state index in [1.807, 2.05) is 30.5 Å². The number of aromatic nitrogens is 1. The van der Waals surface area contributed by atoms with Gasteiger partial charge >= 0.3 is 0 Å². The van der Waals surface area contributed by atoms with Gasteiger partial charge in [-0.05, 0) is 13.0 Å². The molecule has 2 aromatic rings. The number of thiazole rings is 1. The number of rotatable bonds is 5. The quantitative estimate of drug-likeness (QED) is 0.875. The first kappa shape index (κ1) is 13.7. The molecule has 0 saturated heterocycles. The van der Waals surface area contributed by atoms with E-state index in [1.165, 1.54) is 16.9 Å². The van der Waals surface area contributed by atoms with Gasteiger partial charge in [0.25, 0.3) is 0 Å². The highest BCUT2D eigenvalue weighted by Gasteiger charge is 2.08. The van der Waals surface area contributed by atoms with Crippen LogP contribution in [0.25, 0.3) is 10.6 Å². The molecule has 0 aliphatic heterocycles. The summed E-state index contributed by atoms with van der Waals surface area (Å²) in [5.41, 5.74) is 3.03. The summed E-state index contributed by atoms with van der Waals surface area (Å²) < 4.78 is 0. The average Bonchev–Trinajstić information content (AvgIpc) is 2.85. The zero-order valence-corrected chi connectivity index (χ0v) is 11.5.